The number of aromatic amines is 1. The van der Waals surface area contributed by atoms with E-state index in [9.17, 15) is 9.59 Å². The van der Waals surface area contributed by atoms with Gasteiger partial charge in [-0.3, -0.25) is 9.59 Å². The number of hydrogen-bond acceptors (Lipinski definition) is 4. The van der Waals surface area contributed by atoms with Crippen LogP contribution >= 0.6 is 0 Å². The van der Waals surface area contributed by atoms with Gasteiger partial charge in [0.2, 0.25) is 5.91 Å². The summed E-state index contributed by atoms with van der Waals surface area (Å²) in [5.74, 6) is 0.606. The van der Waals surface area contributed by atoms with Gasteiger partial charge in [0.1, 0.15) is 5.54 Å². The smallest absolute Gasteiger partial charge is 0.249 e. The summed E-state index contributed by atoms with van der Waals surface area (Å²) in [5.41, 5.74) is 5.11. The molecule has 32 heavy (non-hydrogen) atoms. The minimum absolute atomic E-state index is 0.0595. The van der Waals surface area contributed by atoms with Crippen molar-refractivity contribution in [3.8, 4) is 0 Å². The molecular weight excluding hydrogens is 400 g/mol. The number of para-hydroxylation sites is 1. The molecule has 1 aromatic carbocycles. The van der Waals surface area contributed by atoms with Gasteiger partial charge >= 0.3 is 0 Å². The van der Waals surface area contributed by atoms with Crippen LogP contribution in [0.25, 0.3) is 0 Å². The summed E-state index contributed by atoms with van der Waals surface area (Å²) in [7, 11) is 1.90. The minimum Gasteiger partial charge on any atom is -0.362 e. The molecule has 0 radical (unpaired) electrons. The molecule has 6 heteroatoms. The third-order valence-corrected chi connectivity index (χ3v) is 7.95. The van der Waals surface area contributed by atoms with Crippen LogP contribution in [-0.2, 0) is 17.6 Å². The molecule has 1 unspecified atom stereocenters. The zero-order valence-electron chi connectivity index (χ0n) is 19.5. The second kappa shape index (κ2) is 8.07. The van der Waals surface area contributed by atoms with Gasteiger partial charge in [-0.2, -0.15) is 0 Å². The van der Waals surface area contributed by atoms with Crippen molar-refractivity contribution < 1.29 is 9.59 Å². The molecule has 1 amide bonds. The lowest BCUT2D eigenvalue weighted by molar-refractivity contribution is -0.132. The number of amides is 1. The number of carbonyl (C=O) groups is 2. The maximum absolute atomic E-state index is 13.3. The van der Waals surface area contributed by atoms with E-state index in [0.717, 1.165) is 74.4 Å². The van der Waals surface area contributed by atoms with E-state index in [-0.39, 0.29) is 11.8 Å². The number of nitrogens with zero attached hydrogens (tertiary/aromatic N) is 3. The summed E-state index contributed by atoms with van der Waals surface area (Å²) in [6.07, 6.45) is 4.37. The van der Waals surface area contributed by atoms with Gasteiger partial charge in [-0.05, 0) is 56.7 Å². The summed E-state index contributed by atoms with van der Waals surface area (Å²) < 4.78 is 0. The number of piperidine rings is 1. The van der Waals surface area contributed by atoms with E-state index in [2.05, 4.69) is 40.8 Å². The standard InChI is InChI=1S/C26H34N4O2/c1-4-21-18(2)27-22-11-10-19(24(31)23(21)22)16-29-14-12-26(13-15-29)25(32)28(3)17-30(26)20-8-6-5-7-9-20/h5-9,19,27H,4,10-17H2,1-3H3. The average molecular weight is 435 g/mol. The average Bonchev–Trinajstić information content (AvgIpc) is 3.27. The monoisotopic (exact) mass is 434 g/mol. The molecule has 1 atom stereocenters. The number of hydrogen-bond donors (Lipinski definition) is 1. The molecule has 1 aromatic heterocycles. The van der Waals surface area contributed by atoms with Crippen molar-refractivity contribution in [1.82, 2.24) is 14.8 Å². The predicted octanol–water partition coefficient (Wildman–Crippen LogP) is 3.40. The van der Waals surface area contributed by atoms with E-state index in [4.69, 9.17) is 0 Å². The molecular formula is C26H34N4O2. The first kappa shape index (κ1) is 21.3. The number of Topliss-reactive ketones (excluding diaryl/α,β-unsaturated/α-hetero) is 1. The van der Waals surface area contributed by atoms with Crippen LogP contribution < -0.4 is 4.90 Å². The molecule has 3 heterocycles. The van der Waals surface area contributed by atoms with Crippen LogP contribution in [-0.4, -0.2) is 65.4 Å². The summed E-state index contributed by atoms with van der Waals surface area (Å²) in [4.78, 5) is 36.6. The largest absolute Gasteiger partial charge is 0.362 e. The summed E-state index contributed by atoms with van der Waals surface area (Å²) >= 11 is 0. The van der Waals surface area contributed by atoms with Gasteiger partial charge < -0.3 is 19.7 Å². The number of aromatic nitrogens is 1. The topological polar surface area (TPSA) is 59.7 Å². The van der Waals surface area contributed by atoms with Gasteiger partial charge in [-0.25, -0.2) is 0 Å². The lowest BCUT2D eigenvalue weighted by atomic mass is 9.82. The van der Waals surface area contributed by atoms with Crippen molar-refractivity contribution in [1.29, 1.82) is 0 Å². The first-order valence-electron chi connectivity index (χ1n) is 12.0. The number of fused-ring (bicyclic) bond motifs is 1. The van der Waals surface area contributed by atoms with Crippen molar-refractivity contribution in [2.75, 3.05) is 38.3 Å². The van der Waals surface area contributed by atoms with Crippen LogP contribution in [0.3, 0.4) is 0 Å². The van der Waals surface area contributed by atoms with Crippen LogP contribution in [0.1, 0.15) is 53.5 Å². The molecule has 5 rings (SSSR count). The van der Waals surface area contributed by atoms with Crippen molar-refractivity contribution in [3.63, 3.8) is 0 Å². The van der Waals surface area contributed by atoms with E-state index in [1.54, 1.807) is 0 Å². The fourth-order valence-corrected chi connectivity index (χ4v) is 6.21. The molecule has 1 spiro atoms. The number of nitrogens with one attached hydrogen (secondary N) is 1. The number of likely N-dealkylation sites (N-methyl/N-ethyl adjacent to an activating group) is 1. The molecule has 170 valence electrons. The first-order valence-corrected chi connectivity index (χ1v) is 12.0. The Labute approximate surface area is 190 Å². The molecule has 0 saturated carbocycles. The number of benzene rings is 1. The number of rotatable bonds is 4. The first-order chi connectivity index (χ1) is 15.4. The lowest BCUT2D eigenvalue weighted by Gasteiger charge is -2.44. The van der Waals surface area contributed by atoms with E-state index in [1.807, 2.05) is 30.1 Å². The van der Waals surface area contributed by atoms with Crippen LogP contribution in [0.5, 0.6) is 0 Å². The second-order valence-corrected chi connectivity index (χ2v) is 9.78. The van der Waals surface area contributed by atoms with Gasteiger partial charge in [0, 0.05) is 55.2 Å². The number of aryl methyl sites for hydroxylation is 2. The van der Waals surface area contributed by atoms with Crippen LogP contribution in [0, 0.1) is 12.8 Å². The molecule has 0 bridgehead atoms. The molecule has 1 N–H and O–H groups in total. The van der Waals surface area contributed by atoms with E-state index >= 15 is 0 Å². The van der Waals surface area contributed by atoms with Crippen LogP contribution in [0.15, 0.2) is 30.3 Å². The molecule has 2 fully saturated rings. The predicted molar refractivity (Wildman–Crippen MR) is 126 cm³/mol. The molecule has 1 aliphatic carbocycles. The fourth-order valence-electron chi connectivity index (χ4n) is 6.21. The lowest BCUT2D eigenvalue weighted by Crippen LogP contribution is -2.57. The highest BCUT2D eigenvalue weighted by Crippen LogP contribution is 2.39. The Hall–Kier alpha value is -2.60. The van der Waals surface area contributed by atoms with Gasteiger partial charge in [-0.15, -0.1) is 0 Å². The summed E-state index contributed by atoms with van der Waals surface area (Å²) in [5, 5.41) is 0. The molecule has 2 saturated heterocycles. The summed E-state index contributed by atoms with van der Waals surface area (Å²) in [6.45, 7) is 7.36. The maximum Gasteiger partial charge on any atom is 0.249 e. The van der Waals surface area contributed by atoms with Gasteiger partial charge in [0.25, 0.3) is 0 Å². The van der Waals surface area contributed by atoms with Crippen molar-refractivity contribution in [3.05, 3.63) is 52.8 Å². The van der Waals surface area contributed by atoms with Crippen molar-refractivity contribution >= 4 is 17.4 Å². The quantitative estimate of drug-likeness (QED) is 0.801. The number of carbonyl (C=O) groups excluding carboxylic acids is 2. The highest BCUT2D eigenvalue weighted by Gasteiger charge is 2.52. The Balaban J connectivity index is 1.30. The molecule has 2 aromatic rings. The Bertz CT molecular complexity index is 1020. The third-order valence-electron chi connectivity index (χ3n) is 7.95. The van der Waals surface area contributed by atoms with Crippen molar-refractivity contribution in [2.24, 2.45) is 5.92 Å². The second-order valence-electron chi connectivity index (χ2n) is 9.78. The third kappa shape index (κ3) is 3.27. The SMILES string of the molecule is CCc1c(C)[nH]c2c1C(=O)C(CN1CCC3(CC1)C(=O)N(C)CN3c1ccccc1)CC2. The van der Waals surface area contributed by atoms with E-state index in [0.29, 0.717) is 12.5 Å². The highest BCUT2D eigenvalue weighted by molar-refractivity contribution is 6.01. The van der Waals surface area contributed by atoms with E-state index in [1.165, 1.54) is 5.56 Å². The molecule has 3 aliphatic rings. The number of likely N-dealkylation sites (tertiary alicyclic amines) is 1. The normalized spacial score (nSPS) is 23.3. The van der Waals surface area contributed by atoms with Crippen molar-refractivity contribution in [2.45, 2.75) is 51.5 Å². The Morgan fingerprint density at radius 3 is 2.53 bits per heavy atom. The number of ketones is 1. The van der Waals surface area contributed by atoms with Gasteiger partial charge in [-0.1, -0.05) is 25.1 Å². The minimum atomic E-state index is -0.455. The Kier molecular flexibility index (Phi) is 5.36. The Morgan fingerprint density at radius 2 is 1.84 bits per heavy atom. The maximum atomic E-state index is 13.3. The number of H-pyrrole nitrogens is 1. The van der Waals surface area contributed by atoms with E-state index < -0.39 is 5.54 Å². The zero-order valence-corrected chi connectivity index (χ0v) is 19.5. The molecule has 6 nitrogen and oxygen atoms in total. The van der Waals surface area contributed by atoms with Crippen LogP contribution in [0.2, 0.25) is 0 Å². The zero-order chi connectivity index (χ0) is 22.5. The van der Waals surface area contributed by atoms with Crippen LogP contribution in [0.4, 0.5) is 5.69 Å². The van der Waals surface area contributed by atoms with Gasteiger partial charge in [0.15, 0.2) is 5.78 Å². The molecule has 2 aliphatic heterocycles. The fraction of sp³-hybridized carbons (Fsp3) is 0.538. The van der Waals surface area contributed by atoms with Gasteiger partial charge in [0.05, 0.1) is 6.67 Å². The summed E-state index contributed by atoms with van der Waals surface area (Å²) in [6, 6.07) is 10.3. The Morgan fingerprint density at radius 1 is 1.12 bits per heavy atom. The highest BCUT2D eigenvalue weighted by atomic mass is 16.2. The number of anilines is 1.